The molecule has 2 atom stereocenters. The Morgan fingerprint density at radius 1 is 1.47 bits per heavy atom. The highest BCUT2D eigenvalue weighted by atomic mass is 16.2. The Balaban J connectivity index is 2.30. The van der Waals surface area contributed by atoms with E-state index in [2.05, 4.69) is 5.32 Å². The molecule has 1 aliphatic heterocycles. The first-order valence-corrected chi connectivity index (χ1v) is 6.50. The second-order valence-electron chi connectivity index (χ2n) is 4.90. The van der Waals surface area contributed by atoms with Crippen molar-refractivity contribution in [2.24, 2.45) is 11.7 Å². The van der Waals surface area contributed by atoms with Crippen molar-refractivity contribution in [3.8, 4) is 0 Å². The summed E-state index contributed by atoms with van der Waals surface area (Å²) < 4.78 is 0. The molecular weight excluding hydrogens is 242 g/mol. The van der Waals surface area contributed by atoms with Crippen LogP contribution in [0.25, 0.3) is 0 Å². The van der Waals surface area contributed by atoms with Gasteiger partial charge in [0.2, 0.25) is 11.8 Å². The van der Waals surface area contributed by atoms with Crippen LogP contribution < -0.4 is 16.0 Å². The lowest BCUT2D eigenvalue weighted by atomic mass is 9.98. The first-order valence-electron chi connectivity index (χ1n) is 6.50. The molecule has 1 aromatic rings. The van der Waals surface area contributed by atoms with Crippen LogP contribution in [-0.2, 0) is 9.59 Å². The number of benzene rings is 1. The SMILES string of the molecule is CCC(C)C(N)C(=O)N1CC(=O)Nc2ccccc21. The predicted octanol–water partition coefficient (Wildman–Crippen LogP) is 1.35. The Kier molecular flexibility index (Phi) is 3.85. The van der Waals surface area contributed by atoms with Gasteiger partial charge in [-0.3, -0.25) is 14.5 Å². The summed E-state index contributed by atoms with van der Waals surface area (Å²) in [6.07, 6.45) is 0.828. The average Bonchev–Trinajstić information content (AvgIpc) is 2.43. The molecule has 3 N–H and O–H groups in total. The molecule has 5 heteroatoms. The number of amides is 2. The maximum Gasteiger partial charge on any atom is 0.244 e. The van der Waals surface area contributed by atoms with Crippen molar-refractivity contribution in [2.45, 2.75) is 26.3 Å². The van der Waals surface area contributed by atoms with Crippen LogP contribution in [0.15, 0.2) is 24.3 Å². The zero-order valence-electron chi connectivity index (χ0n) is 11.2. The van der Waals surface area contributed by atoms with Crippen LogP contribution in [0.5, 0.6) is 0 Å². The Labute approximate surface area is 112 Å². The van der Waals surface area contributed by atoms with Gasteiger partial charge in [-0.2, -0.15) is 0 Å². The lowest BCUT2D eigenvalue weighted by Gasteiger charge is -2.32. The normalized spacial score (nSPS) is 17.4. The summed E-state index contributed by atoms with van der Waals surface area (Å²) in [6, 6.07) is 6.67. The summed E-state index contributed by atoms with van der Waals surface area (Å²) in [4.78, 5) is 25.6. The average molecular weight is 261 g/mol. The van der Waals surface area contributed by atoms with E-state index in [1.54, 1.807) is 6.07 Å². The Bertz CT molecular complexity index is 501. The maximum absolute atomic E-state index is 12.4. The third-order valence-corrected chi connectivity index (χ3v) is 3.58. The van der Waals surface area contributed by atoms with Gasteiger partial charge < -0.3 is 11.1 Å². The minimum absolute atomic E-state index is 0.0278. The second kappa shape index (κ2) is 5.40. The van der Waals surface area contributed by atoms with Crippen molar-refractivity contribution in [3.05, 3.63) is 24.3 Å². The molecule has 2 unspecified atom stereocenters. The molecule has 1 aliphatic rings. The number of hydrogen-bond donors (Lipinski definition) is 2. The summed E-state index contributed by atoms with van der Waals surface area (Å²) >= 11 is 0. The molecular formula is C14H19N3O2. The van der Waals surface area contributed by atoms with E-state index in [0.717, 1.165) is 6.42 Å². The summed E-state index contributed by atoms with van der Waals surface area (Å²) in [5.74, 6) is -0.301. The molecule has 1 aromatic carbocycles. The molecule has 0 radical (unpaired) electrons. The third-order valence-electron chi connectivity index (χ3n) is 3.58. The van der Waals surface area contributed by atoms with Crippen molar-refractivity contribution >= 4 is 23.2 Å². The molecule has 0 fully saturated rings. The number of hydrogen-bond acceptors (Lipinski definition) is 3. The maximum atomic E-state index is 12.4. The molecule has 2 amide bonds. The van der Waals surface area contributed by atoms with Crippen molar-refractivity contribution in [1.29, 1.82) is 0 Å². The highest BCUT2D eigenvalue weighted by molar-refractivity contribution is 6.11. The van der Waals surface area contributed by atoms with E-state index in [0.29, 0.717) is 11.4 Å². The molecule has 1 heterocycles. The molecule has 0 bridgehead atoms. The number of para-hydroxylation sites is 2. The van der Waals surface area contributed by atoms with Crippen LogP contribution in [0, 0.1) is 5.92 Å². The van der Waals surface area contributed by atoms with Crippen LogP contribution in [0.4, 0.5) is 11.4 Å². The number of fused-ring (bicyclic) bond motifs is 1. The summed E-state index contributed by atoms with van der Waals surface area (Å²) in [7, 11) is 0. The number of nitrogens with one attached hydrogen (secondary N) is 1. The van der Waals surface area contributed by atoms with Gasteiger partial charge in [-0.25, -0.2) is 0 Å². The number of anilines is 2. The first kappa shape index (κ1) is 13.5. The standard InChI is InChI=1S/C14H19N3O2/c1-3-9(2)13(15)14(19)17-8-12(18)16-10-6-4-5-7-11(10)17/h4-7,9,13H,3,8,15H2,1-2H3,(H,16,18). The van der Waals surface area contributed by atoms with Gasteiger partial charge in [0.15, 0.2) is 0 Å². The minimum atomic E-state index is -0.580. The molecule has 0 saturated carbocycles. The van der Waals surface area contributed by atoms with Crippen molar-refractivity contribution in [2.75, 3.05) is 16.8 Å². The molecule has 102 valence electrons. The number of nitrogens with zero attached hydrogens (tertiary/aromatic N) is 1. The van der Waals surface area contributed by atoms with E-state index in [9.17, 15) is 9.59 Å². The topological polar surface area (TPSA) is 75.4 Å². The minimum Gasteiger partial charge on any atom is -0.323 e. The van der Waals surface area contributed by atoms with Crippen LogP contribution in [-0.4, -0.2) is 24.4 Å². The number of carbonyl (C=O) groups is 2. The monoisotopic (exact) mass is 261 g/mol. The molecule has 19 heavy (non-hydrogen) atoms. The summed E-state index contributed by atoms with van der Waals surface area (Å²) in [5, 5.41) is 2.75. The van der Waals surface area contributed by atoms with Gasteiger partial charge in [-0.15, -0.1) is 0 Å². The van der Waals surface area contributed by atoms with E-state index in [-0.39, 0.29) is 24.3 Å². The highest BCUT2D eigenvalue weighted by Crippen LogP contribution is 2.29. The number of nitrogens with two attached hydrogens (primary N) is 1. The molecule has 2 rings (SSSR count). The molecule has 5 nitrogen and oxygen atoms in total. The molecule has 0 saturated heterocycles. The molecule has 0 aromatic heterocycles. The molecule has 0 aliphatic carbocycles. The van der Waals surface area contributed by atoms with Gasteiger partial charge in [-0.1, -0.05) is 32.4 Å². The number of rotatable bonds is 3. The van der Waals surface area contributed by atoms with E-state index in [1.807, 2.05) is 32.0 Å². The summed E-state index contributed by atoms with van der Waals surface area (Å²) in [5.41, 5.74) is 7.35. The van der Waals surface area contributed by atoms with E-state index in [4.69, 9.17) is 5.73 Å². The van der Waals surface area contributed by atoms with Crippen molar-refractivity contribution in [1.82, 2.24) is 0 Å². The van der Waals surface area contributed by atoms with E-state index < -0.39 is 6.04 Å². The Morgan fingerprint density at radius 2 is 2.16 bits per heavy atom. The Hall–Kier alpha value is -1.88. The summed E-state index contributed by atoms with van der Waals surface area (Å²) in [6.45, 7) is 3.97. The van der Waals surface area contributed by atoms with Crippen LogP contribution in [0.1, 0.15) is 20.3 Å². The van der Waals surface area contributed by atoms with Crippen molar-refractivity contribution < 1.29 is 9.59 Å². The fourth-order valence-corrected chi connectivity index (χ4v) is 2.11. The lowest BCUT2D eigenvalue weighted by Crippen LogP contribution is -2.51. The highest BCUT2D eigenvalue weighted by Gasteiger charge is 2.31. The van der Waals surface area contributed by atoms with Crippen LogP contribution in [0.3, 0.4) is 0 Å². The van der Waals surface area contributed by atoms with Gasteiger partial charge in [0, 0.05) is 0 Å². The van der Waals surface area contributed by atoms with E-state index >= 15 is 0 Å². The molecule has 0 spiro atoms. The number of carbonyl (C=O) groups excluding carboxylic acids is 2. The zero-order valence-corrected chi connectivity index (χ0v) is 11.2. The van der Waals surface area contributed by atoms with Crippen LogP contribution in [0.2, 0.25) is 0 Å². The largest absolute Gasteiger partial charge is 0.323 e. The van der Waals surface area contributed by atoms with E-state index in [1.165, 1.54) is 4.90 Å². The quantitative estimate of drug-likeness (QED) is 0.862. The van der Waals surface area contributed by atoms with Crippen molar-refractivity contribution in [3.63, 3.8) is 0 Å². The van der Waals surface area contributed by atoms with Gasteiger partial charge in [-0.05, 0) is 18.1 Å². The lowest BCUT2D eigenvalue weighted by molar-refractivity contribution is -0.123. The van der Waals surface area contributed by atoms with Gasteiger partial charge >= 0.3 is 0 Å². The first-order chi connectivity index (χ1) is 9.04. The predicted molar refractivity (Wildman–Crippen MR) is 74.9 cm³/mol. The fraction of sp³-hybridized carbons (Fsp3) is 0.429. The van der Waals surface area contributed by atoms with Gasteiger partial charge in [0.05, 0.1) is 17.4 Å². The second-order valence-corrected chi connectivity index (χ2v) is 4.90. The van der Waals surface area contributed by atoms with Gasteiger partial charge in [0.25, 0.3) is 0 Å². The van der Waals surface area contributed by atoms with Crippen LogP contribution >= 0.6 is 0 Å². The fourth-order valence-electron chi connectivity index (χ4n) is 2.11. The third kappa shape index (κ3) is 2.61. The van der Waals surface area contributed by atoms with Gasteiger partial charge in [0.1, 0.15) is 6.54 Å². The smallest absolute Gasteiger partial charge is 0.244 e. The Morgan fingerprint density at radius 3 is 2.84 bits per heavy atom. The zero-order chi connectivity index (χ0) is 14.0.